The van der Waals surface area contributed by atoms with Crippen molar-refractivity contribution in [3.63, 3.8) is 0 Å². The number of carbonyl (C=O) groups excluding carboxylic acids is 1. The first-order chi connectivity index (χ1) is 10.2. The van der Waals surface area contributed by atoms with Crippen LogP contribution in [-0.4, -0.2) is 47.6 Å². The van der Waals surface area contributed by atoms with Gasteiger partial charge in [0.15, 0.2) is 0 Å². The minimum Gasteiger partial charge on any atom is -0.423 e. The lowest BCUT2D eigenvalue weighted by molar-refractivity contribution is 0.0878. The zero-order valence-corrected chi connectivity index (χ0v) is 11.7. The van der Waals surface area contributed by atoms with E-state index in [4.69, 9.17) is 14.3 Å². The predicted octanol–water partition coefficient (Wildman–Crippen LogP) is 0.864. The van der Waals surface area contributed by atoms with Crippen molar-refractivity contribution >= 4 is 5.91 Å². The second kappa shape index (κ2) is 7.51. The summed E-state index contributed by atoms with van der Waals surface area (Å²) in [5.74, 6) is 0.182. The molecule has 112 valence electrons. The summed E-state index contributed by atoms with van der Waals surface area (Å²) >= 11 is 0. The molecule has 0 bridgehead atoms. The summed E-state index contributed by atoms with van der Waals surface area (Å²) in [7, 11) is 1.55. The Balaban J connectivity index is 2.02. The first kappa shape index (κ1) is 15.1. The number of nitrogens with zero attached hydrogens (tertiary/aromatic N) is 2. The van der Waals surface area contributed by atoms with E-state index in [1.165, 1.54) is 6.39 Å². The van der Waals surface area contributed by atoms with Crippen molar-refractivity contribution in [2.75, 3.05) is 20.3 Å². The van der Waals surface area contributed by atoms with Gasteiger partial charge in [-0.1, -0.05) is 0 Å². The predicted molar refractivity (Wildman–Crippen MR) is 74.6 cm³/mol. The molecule has 2 aromatic rings. The van der Waals surface area contributed by atoms with Gasteiger partial charge in [0.25, 0.3) is 5.91 Å². The maximum Gasteiger partial charge on any atom is 0.251 e. The van der Waals surface area contributed by atoms with Crippen molar-refractivity contribution in [1.29, 1.82) is 0 Å². The van der Waals surface area contributed by atoms with Crippen LogP contribution in [0.3, 0.4) is 0 Å². The fourth-order valence-electron chi connectivity index (χ4n) is 1.89. The van der Waals surface area contributed by atoms with Crippen molar-refractivity contribution in [3.05, 3.63) is 36.2 Å². The molecule has 21 heavy (non-hydrogen) atoms. The van der Waals surface area contributed by atoms with Crippen LogP contribution in [0.1, 0.15) is 16.8 Å². The highest BCUT2D eigenvalue weighted by atomic mass is 16.5. The van der Waals surface area contributed by atoms with E-state index < -0.39 is 0 Å². The zero-order chi connectivity index (χ0) is 15.1. The van der Waals surface area contributed by atoms with Crippen LogP contribution in [0.4, 0.5) is 0 Å². The third-order valence-electron chi connectivity index (χ3n) is 2.93. The molecule has 7 nitrogen and oxygen atoms in total. The quantitative estimate of drug-likeness (QED) is 0.785. The number of methoxy groups -OCH3 is 1. The highest BCUT2D eigenvalue weighted by Crippen LogP contribution is 2.16. The third-order valence-corrected chi connectivity index (χ3v) is 2.93. The standard InChI is InChI=1S/C14H17N3O4/c1-20-8-12(6-7-18)16-13(19)10-2-4-11(5-3-10)14-17-15-9-21-14/h2-5,9,12,18H,6-8H2,1H3,(H,16,19). The van der Waals surface area contributed by atoms with Gasteiger partial charge in [-0.3, -0.25) is 4.79 Å². The molecule has 1 heterocycles. The molecule has 0 saturated heterocycles. The van der Waals surface area contributed by atoms with Gasteiger partial charge >= 0.3 is 0 Å². The Bertz CT molecular complexity index is 548. The molecule has 1 atom stereocenters. The first-order valence-electron chi connectivity index (χ1n) is 6.52. The minimum atomic E-state index is -0.220. The monoisotopic (exact) mass is 291 g/mol. The van der Waals surface area contributed by atoms with Crippen LogP contribution in [0, 0.1) is 0 Å². The number of amides is 1. The average molecular weight is 291 g/mol. The van der Waals surface area contributed by atoms with Gasteiger partial charge in [-0.15, -0.1) is 10.2 Å². The normalized spacial score (nSPS) is 12.1. The van der Waals surface area contributed by atoms with E-state index in [1.807, 2.05) is 0 Å². The number of carbonyl (C=O) groups is 1. The van der Waals surface area contributed by atoms with Gasteiger partial charge < -0.3 is 19.6 Å². The number of hydrogen-bond donors (Lipinski definition) is 2. The van der Waals surface area contributed by atoms with Gasteiger partial charge in [0.05, 0.1) is 12.6 Å². The van der Waals surface area contributed by atoms with Crippen LogP contribution in [0.15, 0.2) is 35.1 Å². The lowest BCUT2D eigenvalue weighted by Crippen LogP contribution is -2.38. The van der Waals surface area contributed by atoms with Crippen molar-refractivity contribution in [3.8, 4) is 11.5 Å². The summed E-state index contributed by atoms with van der Waals surface area (Å²) in [5, 5.41) is 19.2. The van der Waals surface area contributed by atoms with E-state index >= 15 is 0 Å². The van der Waals surface area contributed by atoms with E-state index in [1.54, 1.807) is 31.4 Å². The third kappa shape index (κ3) is 4.11. The molecule has 0 aliphatic heterocycles. The molecule has 7 heteroatoms. The van der Waals surface area contributed by atoms with E-state index in [0.29, 0.717) is 24.5 Å². The van der Waals surface area contributed by atoms with Crippen molar-refractivity contribution in [1.82, 2.24) is 15.5 Å². The largest absolute Gasteiger partial charge is 0.423 e. The van der Waals surface area contributed by atoms with Gasteiger partial charge in [0.1, 0.15) is 0 Å². The maximum atomic E-state index is 12.1. The number of ether oxygens (including phenoxy) is 1. The Morgan fingerprint density at radius 2 is 2.19 bits per heavy atom. The number of nitrogens with one attached hydrogen (secondary N) is 1. The smallest absolute Gasteiger partial charge is 0.251 e. The molecule has 1 aromatic heterocycles. The van der Waals surface area contributed by atoms with Gasteiger partial charge in [-0.25, -0.2) is 0 Å². The summed E-state index contributed by atoms with van der Waals surface area (Å²) in [4.78, 5) is 12.1. The van der Waals surface area contributed by atoms with E-state index in [2.05, 4.69) is 15.5 Å². The van der Waals surface area contributed by atoms with Crippen molar-refractivity contribution in [2.24, 2.45) is 0 Å². The Hall–Kier alpha value is -2.25. The average Bonchev–Trinajstić information content (AvgIpc) is 3.02. The molecule has 0 fully saturated rings. The molecule has 0 aliphatic rings. The summed E-state index contributed by atoms with van der Waals surface area (Å²) in [6.07, 6.45) is 1.69. The van der Waals surface area contributed by atoms with Crippen LogP contribution >= 0.6 is 0 Å². The van der Waals surface area contributed by atoms with E-state index in [-0.39, 0.29) is 18.6 Å². The highest BCUT2D eigenvalue weighted by Gasteiger charge is 2.13. The Morgan fingerprint density at radius 3 is 2.76 bits per heavy atom. The Kier molecular flexibility index (Phi) is 5.42. The number of aliphatic hydroxyl groups excluding tert-OH is 1. The van der Waals surface area contributed by atoms with Gasteiger partial charge in [-0.05, 0) is 30.7 Å². The highest BCUT2D eigenvalue weighted by molar-refractivity contribution is 5.94. The van der Waals surface area contributed by atoms with Crippen molar-refractivity contribution < 1.29 is 19.1 Å². The molecule has 1 amide bonds. The molecule has 0 aliphatic carbocycles. The number of aromatic nitrogens is 2. The summed E-state index contributed by atoms with van der Waals surface area (Å²) < 4.78 is 10.1. The van der Waals surface area contributed by atoms with Crippen LogP contribution in [-0.2, 0) is 4.74 Å². The number of rotatable bonds is 7. The van der Waals surface area contributed by atoms with Crippen LogP contribution in [0.5, 0.6) is 0 Å². The molecule has 2 N–H and O–H groups in total. The lowest BCUT2D eigenvalue weighted by atomic mass is 10.1. The molecule has 0 radical (unpaired) electrons. The molecule has 2 rings (SSSR count). The molecular formula is C14H17N3O4. The van der Waals surface area contributed by atoms with Gasteiger partial charge in [0, 0.05) is 24.8 Å². The Morgan fingerprint density at radius 1 is 1.43 bits per heavy atom. The summed E-state index contributed by atoms with van der Waals surface area (Å²) in [6, 6.07) is 6.61. The number of hydrogen-bond acceptors (Lipinski definition) is 6. The second-order valence-corrected chi connectivity index (χ2v) is 4.46. The fraction of sp³-hybridized carbons (Fsp3) is 0.357. The fourth-order valence-corrected chi connectivity index (χ4v) is 1.89. The molecule has 1 unspecified atom stereocenters. The van der Waals surface area contributed by atoms with Gasteiger partial charge in [-0.2, -0.15) is 0 Å². The van der Waals surface area contributed by atoms with E-state index in [0.717, 1.165) is 5.56 Å². The van der Waals surface area contributed by atoms with Crippen LogP contribution < -0.4 is 5.32 Å². The summed E-state index contributed by atoms with van der Waals surface area (Å²) in [6.45, 7) is 0.344. The minimum absolute atomic E-state index is 0.00952. The molecule has 1 aromatic carbocycles. The second-order valence-electron chi connectivity index (χ2n) is 4.46. The molecular weight excluding hydrogens is 274 g/mol. The number of aliphatic hydroxyl groups is 1. The summed E-state index contributed by atoms with van der Waals surface area (Å²) in [5.41, 5.74) is 1.25. The SMILES string of the molecule is COCC(CCO)NC(=O)c1ccc(-c2nnco2)cc1. The first-order valence-corrected chi connectivity index (χ1v) is 6.52. The maximum absolute atomic E-state index is 12.1. The molecule has 0 spiro atoms. The lowest BCUT2D eigenvalue weighted by Gasteiger charge is -2.16. The topological polar surface area (TPSA) is 97.5 Å². The van der Waals surface area contributed by atoms with E-state index in [9.17, 15) is 4.79 Å². The van der Waals surface area contributed by atoms with Crippen LogP contribution in [0.25, 0.3) is 11.5 Å². The zero-order valence-electron chi connectivity index (χ0n) is 11.7. The van der Waals surface area contributed by atoms with Crippen molar-refractivity contribution in [2.45, 2.75) is 12.5 Å². The van der Waals surface area contributed by atoms with Gasteiger partial charge in [0.2, 0.25) is 12.3 Å². The van der Waals surface area contributed by atoms with Crippen LogP contribution in [0.2, 0.25) is 0 Å². The Labute approximate surface area is 121 Å². The molecule has 0 saturated carbocycles. The number of benzene rings is 1.